The van der Waals surface area contributed by atoms with Crippen LogP contribution < -0.4 is 5.32 Å². The Hall–Kier alpha value is -3.73. The molecule has 0 atom stereocenters. The van der Waals surface area contributed by atoms with Crippen LogP contribution in [0.3, 0.4) is 0 Å². The molecule has 5 heteroatoms. The van der Waals surface area contributed by atoms with Crippen molar-refractivity contribution in [3.05, 3.63) is 84.2 Å². The SMILES string of the molecule is CCc1nc(-c2ccc(O)cc2)cnc1NC(=O)Cc1ccc2ccccc2c1. The first kappa shape index (κ1) is 18.6. The van der Waals surface area contributed by atoms with E-state index in [1.165, 1.54) is 0 Å². The van der Waals surface area contributed by atoms with Gasteiger partial charge in [0.05, 0.1) is 24.0 Å². The van der Waals surface area contributed by atoms with Gasteiger partial charge >= 0.3 is 0 Å². The number of aromatic nitrogens is 2. The number of hydrogen-bond donors (Lipinski definition) is 2. The lowest BCUT2D eigenvalue weighted by Gasteiger charge is -2.11. The van der Waals surface area contributed by atoms with Gasteiger partial charge in [0.25, 0.3) is 0 Å². The number of nitrogens with one attached hydrogen (secondary N) is 1. The van der Waals surface area contributed by atoms with Crippen LogP contribution in [0.15, 0.2) is 72.9 Å². The highest BCUT2D eigenvalue weighted by Gasteiger charge is 2.12. The number of nitrogens with zero attached hydrogens (tertiary/aromatic N) is 2. The summed E-state index contributed by atoms with van der Waals surface area (Å²) in [5, 5.41) is 14.6. The van der Waals surface area contributed by atoms with Crippen LogP contribution in [0.5, 0.6) is 5.75 Å². The van der Waals surface area contributed by atoms with E-state index in [2.05, 4.69) is 21.4 Å². The summed E-state index contributed by atoms with van der Waals surface area (Å²) in [6.45, 7) is 1.98. The van der Waals surface area contributed by atoms with E-state index >= 15 is 0 Å². The molecular weight excluding hydrogens is 362 g/mol. The second kappa shape index (κ2) is 8.10. The maximum Gasteiger partial charge on any atom is 0.229 e. The quantitative estimate of drug-likeness (QED) is 0.522. The second-order valence-corrected chi connectivity index (χ2v) is 6.86. The Kier molecular flexibility index (Phi) is 5.20. The van der Waals surface area contributed by atoms with Crippen LogP contribution in [0.25, 0.3) is 22.0 Å². The maximum atomic E-state index is 12.6. The summed E-state index contributed by atoms with van der Waals surface area (Å²) in [4.78, 5) is 21.6. The molecule has 0 saturated heterocycles. The average molecular weight is 383 g/mol. The van der Waals surface area contributed by atoms with E-state index in [0.717, 1.165) is 27.6 Å². The lowest BCUT2D eigenvalue weighted by molar-refractivity contribution is -0.115. The molecular formula is C24H21N3O2. The number of amides is 1. The first-order chi connectivity index (χ1) is 14.1. The van der Waals surface area contributed by atoms with Crippen LogP contribution in [-0.4, -0.2) is 21.0 Å². The molecule has 0 radical (unpaired) electrons. The number of phenolic OH excluding ortho intramolecular Hbond substituents is 1. The van der Waals surface area contributed by atoms with E-state index in [1.807, 2.05) is 43.3 Å². The third-order valence-corrected chi connectivity index (χ3v) is 4.78. The van der Waals surface area contributed by atoms with Crippen molar-refractivity contribution in [3.63, 3.8) is 0 Å². The summed E-state index contributed by atoms with van der Waals surface area (Å²) in [7, 11) is 0. The molecule has 4 rings (SSSR count). The number of rotatable bonds is 5. The normalized spacial score (nSPS) is 10.8. The Morgan fingerprint density at radius 1 is 1.00 bits per heavy atom. The van der Waals surface area contributed by atoms with Crippen molar-refractivity contribution in [1.29, 1.82) is 0 Å². The van der Waals surface area contributed by atoms with Crippen LogP contribution in [-0.2, 0) is 17.6 Å². The Morgan fingerprint density at radius 3 is 2.52 bits per heavy atom. The number of carbonyl (C=O) groups is 1. The van der Waals surface area contributed by atoms with Gasteiger partial charge in [-0.2, -0.15) is 0 Å². The molecule has 0 aliphatic carbocycles. The molecule has 29 heavy (non-hydrogen) atoms. The zero-order valence-electron chi connectivity index (χ0n) is 16.1. The van der Waals surface area contributed by atoms with E-state index in [1.54, 1.807) is 30.5 Å². The summed E-state index contributed by atoms with van der Waals surface area (Å²) in [6, 6.07) is 20.9. The van der Waals surface area contributed by atoms with E-state index in [0.29, 0.717) is 17.9 Å². The van der Waals surface area contributed by atoms with E-state index in [-0.39, 0.29) is 18.1 Å². The van der Waals surface area contributed by atoms with Crippen LogP contribution >= 0.6 is 0 Å². The molecule has 1 amide bonds. The van der Waals surface area contributed by atoms with Gasteiger partial charge in [0.2, 0.25) is 5.91 Å². The lowest BCUT2D eigenvalue weighted by Crippen LogP contribution is -2.17. The van der Waals surface area contributed by atoms with Gasteiger partial charge in [0.15, 0.2) is 5.82 Å². The van der Waals surface area contributed by atoms with Crippen molar-refractivity contribution in [2.24, 2.45) is 0 Å². The minimum absolute atomic E-state index is 0.123. The largest absolute Gasteiger partial charge is 0.508 e. The molecule has 4 aromatic rings. The Labute approximate surface area is 169 Å². The van der Waals surface area contributed by atoms with E-state index < -0.39 is 0 Å². The van der Waals surface area contributed by atoms with Crippen LogP contribution in [0.2, 0.25) is 0 Å². The zero-order valence-corrected chi connectivity index (χ0v) is 16.1. The first-order valence-corrected chi connectivity index (χ1v) is 9.55. The summed E-state index contributed by atoms with van der Waals surface area (Å²) < 4.78 is 0. The molecule has 5 nitrogen and oxygen atoms in total. The van der Waals surface area contributed by atoms with Gasteiger partial charge < -0.3 is 10.4 Å². The first-order valence-electron chi connectivity index (χ1n) is 9.55. The van der Waals surface area contributed by atoms with Crippen LogP contribution in [0, 0.1) is 0 Å². The predicted octanol–water partition coefficient (Wildman–Crippen LogP) is 4.75. The molecule has 0 aliphatic heterocycles. The third-order valence-electron chi connectivity index (χ3n) is 4.78. The van der Waals surface area contributed by atoms with Crippen molar-refractivity contribution >= 4 is 22.5 Å². The van der Waals surface area contributed by atoms with Crippen molar-refractivity contribution in [1.82, 2.24) is 9.97 Å². The smallest absolute Gasteiger partial charge is 0.229 e. The number of aryl methyl sites for hydroxylation is 1. The molecule has 3 aromatic carbocycles. The molecule has 0 bridgehead atoms. The summed E-state index contributed by atoms with van der Waals surface area (Å²) in [5.74, 6) is 0.567. The zero-order chi connectivity index (χ0) is 20.2. The molecule has 0 unspecified atom stereocenters. The van der Waals surface area contributed by atoms with Gasteiger partial charge in [-0.05, 0) is 47.0 Å². The Bertz CT molecular complexity index is 1170. The topological polar surface area (TPSA) is 75.1 Å². The fourth-order valence-electron chi connectivity index (χ4n) is 3.26. The number of aromatic hydroxyl groups is 1. The monoisotopic (exact) mass is 383 g/mol. The standard InChI is InChI=1S/C24H21N3O2/c1-2-21-24(25-15-22(26-21)18-9-11-20(28)12-10-18)27-23(29)14-16-7-8-17-5-3-4-6-19(17)13-16/h3-13,15,28H,2,14H2,1H3,(H,25,27,29). The number of carbonyl (C=O) groups excluding carboxylic acids is 1. The summed E-state index contributed by atoms with van der Waals surface area (Å²) in [6.07, 6.45) is 2.55. The van der Waals surface area contributed by atoms with Crippen LogP contribution in [0.4, 0.5) is 5.82 Å². The number of anilines is 1. The third kappa shape index (κ3) is 4.24. The fourth-order valence-corrected chi connectivity index (χ4v) is 3.26. The summed E-state index contributed by atoms with van der Waals surface area (Å²) in [5.41, 5.74) is 3.24. The van der Waals surface area contributed by atoms with Gasteiger partial charge in [-0.3, -0.25) is 4.79 Å². The van der Waals surface area contributed by atoms with E-state index in [9.17, 15) is 9.90 Å². The Balaban J connectivity index is 1.51. The highest BCUT2D eigenvalue weighted by molar-refractivity contribution is 5.93. The number of hydrogen-bond acceptors (Lipinski definition) is 4. The van der Waals surface area contributed by atoms with E-state index in [4.69, 9.17) is 0 Å². The van der Waals surface area contributed by atoms with Crippen LogP contribution in [0.1, 0.15) is 18.2 Å². The molecule has 0 aliphatic rings. The highest BCUT2D eigenvalue weighted by Crippen LogP contribution is 2.22. The van der Waals surface area contributed by atoms with Gasteiger partial charge in [0, 0.05) is 5.56 Å². The molecule has 1 aromatic heterocycles. The number of fused-ring (bicyclic) bond motifs is 1. The number of benzene rings is 3. The van der Waals surface area contributed by atoms with Crippen molar-refractivity contribution in [2.45, 2.75) is 19.8 Å². The Morgan fingerprint density at radius 2 is 1.76 bits per heavy atom. The summed E-state index contributed by atoms with van der Waals surface area (Å²) >= 11 is 0. The lowest BCUT2D eigenvalue weighted by atomic mass is 10.0. The molecule has 1 heterocycles. The minimum atomic E-state index is -0.123. The number of phenols is 1. The van der Waals surface area contributed by atoms with Crippen molar-refractivity contribution < 1.29 is 9.90 Å². The van der Waals surface area contributed by atoms with Crippen molar-refractivity contribution in [2.75, 3.05) is 5.32 Å². The van der Waals surface area contributed by atoms with Gasteiger partial charge in [-0.15, -0.1) is 0 Å². The molecule has 2 N–H and O–H groups in total. The molecule has 0 spiro atoms. The van der Waals surface area contributed by atoms with Gasteiger partial charge in [0.1, 0.15) is 5.75 Å². The van der Waals surface area contributed by atoms with Crippen molar-refractivity contribution in [3.8, 4) is 17.0 Å². The average Bonchev–Trinajstić information content (AvgIpc) is 2.74. The second-order valence-electron chi connectivity index (χ2n) is 6.86. The van der Waals surface area contributed by atoms with Gasteiger partial charge in [-0.1, -0.05) is 49.4 Å². The molecule has 0 saturated carbocycles. The fraction of sp³-hybridized carbons (Fsp3) is 0.125. The predicted molar refractivity (Wildman–Crippen MR) is 115 cm³/mol. The molecule has 0 fully saturated rings. The van der Waals surface area contributed by atoms with Gasteiger partial charge in [-0.25, -0.2) is 9.97 Å². The minimum Gasteiger partial charge on any atom is -0.508 e. The maximum absolute atomic E-state index is 12.6. The highest BCUT2D eigenvalue weighted by atomic mass is 16.3. The molecule has 144 valence electrons.